The lowest BCUT2D eigenvalue weighted by atomic mass is 9.98. The number of hydrogen-bond donors (Lipinski definition) is 2. The summed E-state index contributed by atoms with van der Waals surface area (Å²) in [5.41, 5.74) is 2.64. The molecule has 0 radical (unpaired) electrons. The zero-order chi connectivity index (χ0) is 20.3. The molecule has 3 rings (SSSR count). The van der Waals surface area contributed by atoms with Crippen molar-refractivity contribution in [1.82, 2.24) is 10.2 Å². The van der Waals surface area contributed by atoms with Crippen LogP contribution in [-0.2, 0) is 9.59 Å². The van der Waals surface area contributed by atoms with Crippen LogP contribution >= 0.6 is 0 Å². The standard InChI is InChI=1S/C22H29N3O3/c1-4-7-15(8-5-2)13-23-17-10-6-9-16-14(3)25(22(28)20(16)17)18-11-12-19(26)24-21(18)27/h6,9-10,15,18,23H,3-5,7-8,11-13H2,1-2H3,(H,24,26,27). The van der Waals surface area contributed by atoms with Crippen molar-refractivity contribution in [3.63, 3.8) is 0 Å². The number of amides is 3. The van der Waals surface area contributed by atoms with Crippen LogP contribution in [0.25, 0.3) is 5.70 Å². The van der Waals surface area contributed by atoms with Crippen molar-refractivity contribution in [2.24, 2.45) is 5.92 Å². The van der Waals surface area contributed by atoms with Crippen LogP contribution in [0.4, 0.5) is 5.69 Å². The van der Waals surface area contributed by atoms with Crippen molar-refractivity contribution in [3.8, 4) is 0 Å². The van der Waals surface area contributed by atoms with Crippen LogP contribution in [0.5, 0.6) is 0 Å². The highest BCUT2D eigenvalue weighted by molar-refractivity contribution is 6.15. The molecule has 6 nitrogen and oxygen atoms in total. The molecule has 1 unspecified atom stereocenters. The maximum Gasteiger partial charge on any atom is 0.261 e. The highest BCUT2D eigenvalue weighted by Gasteiger charge is 2.42. The predicted molar refractivity (Wildman–Crippen MR) is 110 cm³/mol. The second-order valence-electron chi connectivity index (χ2n) is 7.64. The van der Waals surface area contributed by atoms with Crippen LogP contribution in [0, 0.1) is 5.92 Å². The van der Waals surface area contributed by atoms with Gasteiger partial charge in [0.25, 0.3) is 5.91 Å². The van der Waals surface area contributed by atoms with Crippen molar-refractivity contribution in [2.75, 3.05) is 11.9 Å². The van der Waals surface area contributed by atoms with Crippen LogP contribution < -0.4 is 10.6 Å². The van der Waals surface area contributed by atoms with E-state index in [0.29, 0.717) is 23.6 Å². The Morgan fingerprint density at radius 3 is 2.57 bits per heavy atom. The molecule has 0 spiro atoms. The van der Waals surface area contributed by atoms with Crippen LogP contribution in [0.2, 0.25) is 0 Å². The Labute approximate surface area is 166 Å². The second-order valence-corrected chi connectivity index (χ2v) is 7.64. The lowest BCUT2D eigenvalue weighted by Crippen LogP contribution is -2.52. The van der Waals surface area contributed by atoms with Gasteiger partial charge in [0.2, 0.25) is 11.8 Å². The van der Waals surface area contributed by atoms with Gasteiger partial charge in [0.1, 0.15) is 6.04 Å². The van der Waals surface area contributed by atoms with E-state index in [1.54, 1.807) is 0 Å². The SMILES string of the molecule is C=C1c2cccc(NCC(CCC)CCC)c2C(=O)N1C1CCC(=O)NC1=O. The molecule has 1 aromatic carbocycles. The highest BCUT2D eigenvalue weighted by atomic mass is 16.2. The number of anilines is 1. The molecule has 1 fully saturated rings. The first-order valence-electron chi connectivity index (χ1n) is 10.2. The summed E-state index contributed by atoms with van der Waals surface area (Å²) in [7, 11) is 0. The average molecular weight is 383 g/mol. The van der Waals surface area contributed by atoms with Gasteiger partial charge in [0.15, 0.2) is 0 Å². The van der Waals surface area contributed by atoms with Crippen molar-refractivity contribution in [2.45, 2.75) is 58.4 Å². The molecular formula is C22H29N3O3. The molecule has 0 saturated carbocycles. The molecule has 0 aliphatic carbocycles. The minimum Gasteiger partial charge on any atom is -0.384 e. The fourth-order valence-electron chi connectivity index (χ4n) is 4.22. The zero-order valence-electron chi connectivity index (χ0n) is 16.7. The summed E-state index contributed by atoms with van der Waals surface area (Å²) in [5.74, 6) is -0.382. The molecular weight excluding hydrogens is 354 g/mol. The Bertz CT molecular complexity index is 796. The topological polar surface area (TPSA) is 78.5 Å². The molecule has 0 bridgehead atoms. The number of hydrogen-bond acceptors (Lipinski definition) is 4. The summed E-state index contributed by atoms with van der Waals surface area (Å²) in [6.45, 7) is 9.26. The molecule has 1 atom stereocenters. The lowest BCUT2D eigenvalue weighted by Gasteiger charge is -2.30. The van der Waals surface area contributed by atoms with E-state index >= 15 is 0 Å². The van der Waals surface area contributed by atoms with Crippen LogP contribution in [0.3, 0.4) is 0 Å². The minimum absolute atomic E-state index is 0.222. The van der Waals surface area contributed by atoms with Crippen molar-refractivity contribution in [3.05, 3.63) is 35.9 Å². The maximum absolute atomic E-state index is 13.2. The van der Waals surface area contributed by atoms with Gasteiger partial charge in [0.05, 0.1) is 5.56 Å². The Morgan fingerprint density at radius 2 is 1.93 bits per heavy atom. The number of carbonyl (C=O) groups excluding carboxylic acids is 3. The fourth-order valence-corrected chi connectivity index (χ4v) is 4.22. The molecule has 150 valence electrons. The van der Waals surface area contributed by atoms with Gasteiger partial charge in [-0.05, 0) is 31.2 Å². The van der Waals surface area contributed by atoms with E-state index in [2.05, 4.69) is 31.1 Å². The molecule has 2 aliphatic rings. The molecule has 2 aliphatic heterocycles. The van der Waals surface area contributed by atoms with Gasteiger partial charge in [0, 0.05) is 29.9 Å². The number of piperidine rings is 1. The van der Waals surface area contributed by atoms with Gasteiger partial charge in [-0.15, -0.1) is 0 Å². The van der Waals surface area contributed by atoms with E-state index in [4.69, 9.17) is 0 Å². The molecule has 2 heterocycles. The first kappa shape index (κ1) is 20.1. The van der Waals surface area contributed by atoms with Crippen molar-refractivity contribution in [1.29, 1.82) is 0 Å². The first-order valence-corrected chi connectivity index (χ1v) is 10.2. The number of nitrogens with zero attached hydrogens (tertiary/aromatic N) is 1. The van der Waals surface area contributed by atoms with Crippen molar-refractivity contribution < 1.29 is 14.4 Å². The number of fused-ring (bicyclic) bond motifs is 1. The predicted octanol–water partition coefficient (Wildman–Crippen LogP) is 3.55. The lowest BCUT2D eigenvalue weighted by molar-refractivity contribution is -0.136. The third kappa shape index (κ3) is 3.81. The quantitative estimate of drug-likeness (QED) is 0.673. The zero-order valence-corrected chi connectivity index (χ0v) is 16.7. The van der Waals surface area contributed by atoms with Gasteiger partial charge in [-0.3, -0.25) is 24.6 Å². The van der Waals surface area contributed by atoms with E-state index in [0.717, 1.165) is 43.5 Å². The van der Waals surface area contributed by atoms with E-state index in [1.165, 1.54) is 4.90 Å². The summed E-state index contributed by atoms with van der Waals surface area (Å²) >= 11 is 0. The minimum atomic E-state index is -0.689. The largest absolute Gasteiger partial charge is 0.384 e. The highest BCUT2D eigenvalue weighted by Crippen LogP contribution is 2.38. The molecule has 0 aromatic heterocycles. The summed E-state index contributed by atoms with van der Waals surface area (Å²) < 4.78 is 0. The number of benzene rings is 1. The molecule has 2 N–H and O–H groups in total. The first-order chi connectivity index (χ1) is 13.5. The van der Waals surface area contributed by atoms with Gasteiger partial charge >= 0.3 is 0 Å². The van der Waals surface area contributed by atoms with E-state index in [-0.39, 0.29) is 18.2 Å². The molecule has 6 heteroatoms. The van der Waals surface area contributed by atoms with Crippen molar-refractivity contribution >= 4 is 29.1 Å². The molecule has 1 saturated heterocycles. The third-order valence-corrected chi connectivity index (χ3v) is 5.60. The van der Waals surface area contributed by atoms with Crippen LogP contribution in [0.1, 0.15) is 68.3 Å². The fraction of sp³-hybridized carbons (Fsp3) is 0.500. The number of nitrogens with one attached hydrogen (secondary N) is 2. The normalized spacial score (nSPS) is 19.2. The van der Waals surface area contributed by atoms with E-state index < -0.39 is 11.9 Å². The Kier molecular flexibility index (Phi) is 6.17. The van der Waals surface area contributed by atoms with Crippen LogP contribution in [-0.4, -0.2) is 35.2 Å². The van der Waals surface area contributed by atoms with E-state index in [9.17, 15) is 14.4 Å². The molecule has 28 heavy (non-hydrogen) atoms. The van der Waals surface area contributed by atoms with Gasteiger partial charge in [-0.1, -0.05) is 45.4 Å². The third-order valence-electron chi connectivity index (χ3n) is 5.60. The monoisotopic (exact) mass is 383 g/mol. The smallest absolute Gasteiger partial charge is 0.261 e. The molecule has 3 amide bonds. The van der Waals surface area contributed by atoms with Gasteiger partial charge in [-0.25, -0.2) is 0 Å². The van der Waals surface area contributed by atoms with E-state index in [1.807, 2.05) is 18.2 Å². The van der Waals surface area contributed by atoms with Crippen LogP contribution in [0.15, 0.2) is 24.8 Å². The molecule has 1 aromatic rings. The van der Waals surface area contributed by atoms with Gasteiger partial charge in [-0.2, -0.15) is 0 Å². The Morgan fingerprint density at radius 1 is 1.21 bits per heavy atom. The summed E-state index contributed by atoms with van der Waals surface area (Å²) in [6, 6.07) is 4.99. The Hall–Kier alpha value is -2.63. The van der Waals surface area contributed by atoms with Gasteiger partial charge < -0.3 is 5.32 Å². The number of carbonyl (C=O) groups is 3. The summed E-state index contributed by atoms with van der Waals surface area (Å²) in [6.07, 6.45) is 5.13. The Balaban J connectivity index is 1.82. The summed E-state index contributed by atoms with van der Waals surface area (Å²) in [4.78, 5) is 38.4. The maximum atomic E-state index is 13.2. The number of imide groups is 1. The number of rotatable bonds is 8. The average Bonchev–Trinajstić information content (AvgIpc) is 2.92. The summed E-state index contributed by atoms with van der Waals surface area (Å²) in [5, 5.41) is 5.79. The second kappa shape index (κ2) is 8.59.